The van der Waals surface area contributed by atoms with Crippen LogP contribution in [0, 0.1) is 5.41 Å². The van der Waals surface area contributed by atoms with Crippen LogP contribution in [0.1, 0.15) is 54.2 Å². The SMILES string of the molecule is CC(C)(C)OC(=O)N1CCC([NH2+]c2ncnc(N)c2C(=N)c2ccc(NC(=O)c3cccc(C(F)(F)F)c3)cc2)C1. The first-order chi connectivity index (χ1) is 19.2. The van der Waals surface area contributed by atoms with Gasteiger partial charge >= 0.3 is 12.3 Å². The molecular weight excluding hydrogens is 539 g/mol. The van der Waals surface area contributed by atoms with E-state index in [0.29, 0.717) is 42.1 Å². The number of ether oxygens (including phenoxy) is 1. The van der Waals surface area contributed by atoms with E-state index < -0.39 is 23.2 Å². The monoisotopic (exact) mass is 570 g/mol. The zero-order chi connectivity index (χ0) is 29.9. The summed E-state index contributed by atoms with van der Waals surface area (Å²) in [6.07, 6.45) is -2.95. The summed E-state index contributed by atoms with van der Waals surface area (Å²) in [5.74, 6) is -0.130. The van der Waals surface area contributed by atoms with E-state index in [1.54, 1.807) is 17.0 Å². The summed E-state index contributed by atoms with van der Waals surface area (Å²) in [6.45, 7) is 6.39. The van der Waals surface area contributed by atoms with Crippen molar-refractivity contribution in [1.82, 2.24) is 14.9 Å². The van der Waals surface area contributed by atoms with Crippen LogP contribution in [0.15, 0.2) is 54.9 Å². The number of halogens is 3. The Morgan fingerprint density at radius 3 is 2.46 bits per heavy atom. The lowest BCUT2D eigenvalue weighted by Crippen LogP contribution is -2.86. The number of nitrogen functional groups attached to an aromatic ring is 1. The van der Waals surface area contributed by atoms with Crippen molar-refractivity contribution in [2.24, 2.45) is 0 Å². The number of alkyl halides is 3. The minimum atomic E-state index is -4.56. The molecule has 3 aromatic rings. The average Bonchev–Trinajstić information content (AvgIpc) is 3.36. The number of amides is 2. The molecule has 1 saturated heterocycles. The zero-order valence-corrected chi connectivity index (χ0v) is 22.7. The number of nitrogens with zero attached hydrogens (tertiary/aromatic N) is 3. The number of nitrogens with two attached hydrogens (primary N) is 2. The Bertz CT molecular complexity index is 1450. The van der Waals surface area contributed by atoms with Gasteiger partial charge in [0.1, 0.15) is 29.4 Å². The third kappa shape index (κ3) is 7.37. The van der Waals surface area contributed by atoms with Crippen molar-refractivity contribution in [3.8, 4) is 0 Å². The van der Waals surface area contributed by atoms with E-state index in [1.165, 1.54) is 30.6 Å². The predicted molar refractivity (Wildman–Crippen MR) is 146 cm³/mol. The normalized spacial score (nSPS) is 15.5. The summed E-state index contributed by atoms with van der Waals surface area (Å²) in [4.78, 5) is 35.0. The molecule has 2 heterocycles. The highest BCUT2D eigenvalue weighted by molar-refractivity contribution is 6.15. The van der Waals surface area contributed by atoms with Crippen molar-refractivity contribution in [2.75, 3.05) is 24.1 Å². The predicted octanol–water partition coefficient (Wildman–Crippen LogP) is 3.95. The topological polar surface area (TPSA) is 151 Å². The molecule has 0 saturated carbocycles. The van der Waals surface area contributed by atoms with Gasteiger partial charge in [0.25, 0.3) is 5.91 Å². The largest absolute Gasteiger partial charge is 0.444 e. The van der Waals surface area contributed by atoms with Crippen LogP contribution in [0.3, 0.4) is 0 Å². The molecule has 1 aliphatic rings. The second-order valence-electron chi connectivity index (χ2n) is 10.6. The summed E-state index contributed by atoms with van der Waals surface area (Å²) in [5.41, 5.74) is 5.66. The quantitative estimate of drug-likeness (QED) is 0.330. The fraction of sp³-hybridized carbons (Fsp3) is 0.321. The van der Waals surface area contributed by atoms with Crippen molar-refractivity contribution >= 4 is 35.0 Å². The minimum absolute atomic E-state index is 0.0307. The smallest absolute Gasteiger partial charge is 0.416 e. The highest BCUT2D eigenvalue weighted by Crippen LogP contribution is 2.30. The maximum atomic E-state index is 13.0. The van der Waals surface area contributed by atoms with Gasteiger partial charge in [-0.1, -0.05) is 18.2 Å². The van der Waals surface area contributed by atoms with Gasteiger partial charge in [-0.25, -0.2) is 9.78 Å². The molecule has 41 heavy (non-hydrogen) atoms. The van der Waals surface area contributed by atoms with Crippen LogP contribution in [0.25, 0.3) is 0 Å². The van der Waals surface area contributed by atoms with Gasteiger partial charge in [0.2, 0.25) is 5.82 Å². The van der Waals surface area contributed by atoms with E-state index in [2.05, 4.69) is 15.3 Å². The van der Waals surface area contributed by atoms with Gasteiger partial charge in [-0.3, -0.25) is 15.5 Å². The van der Waals surface area contributed by atoms with Crippen LogP contribution in [0.5, 0.6) is 0 Å². The van der Waals surface area contributed by atoms with Crippen molar-refractivity contribution < 1.29 is 32.8 Å². The molecule has 10 nitrogen and oxygen atoms in total. The molecule has 2 aromatic carbocycles. The van der Waals surface area contributed by atoms with Gasteiger partial charge in [0.05, 0.1) is 17.8 Å². The Morgan fingerprint density at radius 2 is 1.80 bits per heavy atom. The lowest BCUT2D eigenvalue weighted by molar-refractivity contribution is -0.610. The van der Waals surface area contributed by atoms with Gasteiger partial charge in [-0.05, 0) is 51.1 Å². The van der Waals surface area contributed by atoms with Crippen LogP contribution >= 0.6 is 0 Å². The molecule has 0 spiro atoms. The highest BCUT2D eigenvalue weighted by Gasteiger charge is 2.34. The second kappa shape index (κ2) is 11.5. The third-order valence-corrected chi connectivity index (χ3v) is 6.31. The lowest BCUT2D eigenvalue weighted by atomic mass is 10.0. The average molecular weight is 571 g/mol. The van der Waals surface area contributed by atoms with Crippen LogP contribution in [-0.2, 0) is 10.9 Å². The number of quaternary nitrogens is 1. The molecule has 0 bridgehead atoms. The fourth-order valence-corrected chi connectivity index (χ4v) is 4.34. The zero-order valence-electron chi connectivity index (χ0n) is 22.7. The number of hydrogen-bond donors (Lipinski definition) is 4. The standard InChI is InChI=1S/C28H30F3N7O3/c1-27(2,3)41-26(40)38-12-11-20(14-38)36-24-21(23(33)34-15-35-24)22(32)16-7-9-19(10-8-16)37-25(39)17-5-4-6-18(13-17)28(29,30)31/h4-10,13,15,20,32H,11-12,14H2,1-3H3,(H,37,39)(H3,33,34,35,36)/p+1. The summed E-state index contributed by atoms with van der Waals surface area (Å²) < 4.78 is 44.5. The van der Waals surface area contributed by atoms with E-state index in [1.807, 2.05) is 26.1 Å². The summed E-state index contributed by atoms with van der Waals surface area (Å²) >= 11 is 0. The molecule has 4 rings (SSSR count). The van der Waals surface area contributed by atoms with Crippen LogP contribution in [-0.4, -0.2) is 57.3 Å². The molecular formula is C28H31F3N7O3+. The molecule has 13 heteroatoms. The van der Waals surface area contributed by atoms with Crippen molar-refractivity contribution in [3.63, 3.8) is 0 Å². The number of carbonyl (C=O) groups excluding carboxylic acids is 2. The Hall–Kier alpha value is -4.52. The maximum absolute atomic E-state index is 13.0. The van der Waals surface area contributed by atoms with Gasteiger partial charge in [-0.15, -0.1) is 0 Å². The minimum Gasteiger partial charge on any atom is -0.444 e. The molecule has 0 aliphatic carbocycles. The highest BCUT2D eigenvalue weighted by atomic mass is 19.4. The van der Waals surface area contributed by atoms with E-state index in [0.717, 1.165) is 12.1 Å². The third-order valence-electron chi connectivity index (χ3n) is 6.31. The number of rotatable bonds is 6. The number of aromatic nitrogens is 2. The van der Waals surface area contributed by atoms with E-state index in [-0.39, 0.29) is 29.2 Å². The number of likely N-dealkylation sites (tertiary alicyclic amines) is 1. The first-order valence-electron chi connectivity index (χ1n) is 12.8. The number of nitrogens with one attached hydrogen (secondary N) is 2. The molecule has 1 aromatic heterocycles. The van der Waals surface area contributed by atoms with Crippen LogP contribution < -0.4 is 16.4 Å². The molecule has 6 N–H and O–H groups in total. The molecule has 216 valence electrons. The molecule has 1 atom stereocenters. The van der Waals surface area contributed by atoms with Crippen LogP contribution in [0.4, 0.5) is 35.3 Å². The van der Waals surface area contributed by atoms with Gasteiger partial charge in [0, 0.05) is 29.8 Å². The van der Waals surface area contributed by atoms with Gasteiger partial charge in [0.15, 0.2) is 0 Å². The van der Waals surface area contributed by atoms with Crippen molar-refractivity contribution in [1.29, 1.82) is 5.41 Å². The second-order valence-corrected chi connectivity index (χ2v) is 10.6. The van der Waals surface area contributed by atoms with Crippen LogP contribution in [0.2, 0.25) is 0 Å². The molecule has 1 fully saturated rings. The molecule has 0 radical (unpaired) electrons. The Balaban J connectivity index is 1.45. The van der Waals surface area contributed by atoms with E-state index >= 15 is 0 Å². The first kappa shape index (κ1) is 29.5. The summed E-state index contributed by atoms with van der Waals surface area (Å²) in [6, 6.07) is 10.4. The number of benzene rings is 2. The van der Waals surface area contributed by atoms with Crippen molar-refractivity contribution in [3.05, 3.63) is 77.1 Å². The molecule has 1 aliphatic heterocycles. The first-order valence-corrected chi connectivity index (χ1v) is 12.8. The number of anilines is 2. The molecule has 2 amide bonds. The fourth-order valence-electron chi connectivity index (χ4n) is 4.34. The maximum Gasteiger partial charge on any atom is 0.416 e. The number of carbonyl (C=O) groups is 2. The Labute approximate surface area is 234 Å². The lowest BCUT2D eigenvalue weighted by Gasteiger charge is -2.24. The van der Waals surface area contributed by atoms with Gasteiger partial charge in [-0.2, -0.15) is 18.2 Å². The van der Waals surface area contributed by atoms with E-state index in [9.17, 15) is 22.8 Å². The summed E-state index contributed by atoms with van der Waals surface area (Å²) in [5, 5.41) is 13.2. The Kier molecular flexibility index (Phi) is 8.29. The van der Waals surface area contributed by atoms with Gasteiger partial charge < -0.3 is 20.7 Å². The number of hydrogen-bond acceptors (Lipinski definition) is 7. The molecule has 1 unspecified atom stereocenters. The van der Waals surface area contributed by atoms with Crippen molar-refractivity contribution in [2.45, 2.75) is 45.0 Å². The Morgan fingerprint density at radius 1 is 1.10 bits per heavy atom. The van der Waals surface area contributed by atoms with E-state index in [4.69, 9.17) is 15.9 Å². The summed E-state index contributed by atoms with van der Waals surface area (Å²) in [7, 11) is 0.